The summed E-state index contributed by atoms with van der Waals surface area (Å²) in [5, 5.41) is 24.6. The van der Waals surface area contributed by atoms with E-state index in [1.807, 2.05) is 0 Å². The van der Waals surface area contributed by atoms with Gasteiger partial charge in [0.1, 0.15) is 47.5 Å². The molecule has 36 heteroatoms. The number of amides is 1. The number of carbonyl (C=O) groups excluding carboxylic acids is 1. The summed E-state index contributed by atoms with van der Waals surface area (Å²) in [6.45, 7) is -0.917. The first-order valence-electron chi connectivity index (χ1n) is 17.4. The molecule has 1 amide bonds. The van der Waals surface area contributed by atoms with Crippen LogP contribution in [0, 0.1) is 0 Å². The number of hydrogen-bond acceptors (Lipinski definition) is 25. The molecule has 348 valence electrons. The van der Waals surface area contributed by atoms with Gasteiger partial charge in [-0.1, -0.05) is 6.07 Å². The third-order valence-electron chi connectivity index (χ3n) is 8.51. The minimum atomic E-state index is -5.45. The molecular formula is C34H24ClN9Na4O17S5. The zero-order valence-electron chi connectivity index (χ0n) is 36.2. The fourth-order valence-electron chi connectivity index (χ4n) is 5.67. The van der Waals surface area contributed by atoms with Crippen LogP contribution in [0.4, 0.5) is 46.0 Å². The van der Waals surface area contributed by atoms with Crippen LogP contribution in [-0.4, -0.2) is 98.6 Å². The van der Waals surface area contributed by atoms with Crippen molar-refractivity contribution < 1.29 is 193 Å². The number of nitrogens with one attached hydrogen (secondary N) is 3. The molecule has 0 saturated carbocycles. The van der Waals surface area contributed by atoms with Gasteiger partial charge in [0.25, 0.3) is 5.91 Å². The number of carbonyl (C=O) groups is 1. The molecule has 0 spiro atoms. The summed E-state index contributed by atoms with van der Waals surface area (Å²) in [5.74, 6) is -2.99. The number of aromatic nitrogens is 3. The molecule has 6 aromatic rings. The maximum absolute atomic E-state index is 13.0. The van der Waals surface area contributed by atoms with Crippen LogP contribution >= 0.6 is 11.6 Å². The Morgan fingerprint density at radius 3 is 1.83 bits per heavy atom. The number of anilines is 6. The molecule has 1 aromatic heterocycles. The van der Waals surface area contributed by atoms with E-state index >= 15 is 0 Å². The van der Waals surface area contributed by atoms with Crippen molar-refractivity contribution in [3.05, 3.63) is 95.8 Å². The predicted molar refractivity (Wildman–Crippen MR) is 224 cm³/mol. The maximum Gasteiger partial charge on any atom is 1.00 e. The van der Waals surface area contributed by atoms with Crippen molar-refractivity contribution in [3.63, 3.8) is 0 Å². The van der Waals surface area contributed by atoms with Crippen LogP contribution in [-0.2, 0) is 54.8 Å². The van der Waals surface area contributed by atoms with Crippen molar-refractivity contribution in [3.8, 4) is 5.75 Å². The van der Waals surface area contributed by atoms with Crippen molar-refractivity contribution in [2.75, 3.05) is 34.0 Å². The molecule has 0 fully saturated rings. The number of nitrogen functional groups attached to an aromatic ring is 1. The zero-order chi connectivity index (χ0) is 48.6. The van der Waals surface area contributed by atoms with E-state index in [0.29, 0.717) is 23.9 Å². The molecular weight excluding hydrogens is 1090 g/mol. The second-order valence-electron chi connectivity index (χ2n) is 13.0. The first-order valence-corrected chi connectivity index (χ1v) is 25.0. The van der Waals surface area contributed by atoms with Crippen LogP contribution in [0.15, 0.2) is 115 Å². The van der Waals surface area contributed by atoms with Gasteiger partial charge in [0.05, 0.1) is 43.0 Å². The number of benzene rings is 5. The molecule has 0 unspecified atom stereocenters. The van der Waals surface area contributed by atoms with Gasteiger partial charge in [-0.25, -0.2) is 42.1 Å². The predicted octanol–water partition coefficient (Wildman–Crippen LogP) is -8.90. The Labute approximate surface area is 491 Å². The Morgan fingerprint density at radius 1 is 0.671 bits per heavy atom. The van der Waals surface area contributed by atoms with Crippen LogP contribution in [0.5, 0.6) is 5.75 Å². The third-order valence-corrected chi connectivity index (χ3v) is 13.4. The fourth-order valence-corrected chi connectivity index (χ4v) is 9.11. The number of sulfone groups is 1. The SMILES string of the molecule is Nc1c(S(=O)(=O)[O-])cc2cc(S(=O)(=O)[O-])cc(O)c2c1N=Nc1cc(Nc2nc(Cl)nc(Nc3ccc(C(=O)Nc4cccc(S(=O)(=O)CCOS(=O)(=O)[O-])c4)cc3)n2)ccc1S(=O)(=O)[O-].[Na+].[Na+].[Na+].[Na+]. The van der Waals surface area contributed by atoms with Gasteiger partial charge in [-0.2, -0.15) is 15.0 Å². The van der Waals surface area contributed by atoms with Crippen LogP contribution < -0.4 is 140 Å². The van der Waals surface area contributed by atoms with Crippen molar-refractivity contribution in [1.29, 1.82) is 0 Å². The summed E-state index contributed by atoms with van der Waals surface area (Å²) in [7, 11) is -25.3. The summed E-state index contributed by atoms with van der Waals surface area (Å²) < 4.78 is 169. The minimum Gasteiger partial charge on any atom is -0.744 e. The number of phenols is 1. The van der Waals surface area contributed by atoms with Crippen molar-refractivity contribution in [1.82, 2.24) is 15.0 Å². The standard InChI is InChI=1S/C34H28ClN9O17S5.4Na/c35-32-40-33(38-19-6-4-17(5-7-19)31(46)37-20-2-1-3-22(14-20)62(47,48)11-10-61-66(58,59)60)42-34(41-32)39-21-8-9-26(64(52,53)54)24(15-21)43-44-30-28-18(13-27(29(30)36)65(55,56)57)12-23(16-25(28)45)63(49,50)51;;;;/h1-9,12-16,45H,10-11,36H2,(H,37,46)(H,49,50,51)(H,52,53,54)(H,55,56,57)(H,58,59,60)(H2,38,39,40,41,42);;;;/q;4*+1/p-4. The Balaban J connectivity index is 0.00000420. The van der Waals surface area contributed by atoms with E-state index in [-0.39, 0.29) is 157 Å². The minimum absolute atomic E-state index is 0. The average Bonchev–Trinajstić information content (AvgIpc) is 3.19. The molecule has 0 radical (unpaired) electrons. The molecule has 70 heavy (non-hydrogen) atoms. The number of nitrogens with zero attached hydrogens (tertiary/aromatic N) is 5. The van der Waals surface area contributed by atoms with Gasteiger partial charge < -0.3 is 45.0 Å². The first kappa shape index (κ1) is 63.6. The molecule has 0 bridgehead atoms. The van der Waals surface area contributed by atoms with Crippen molar-refractivity contribution >= 4 is 125 Å². The summed E-state index contributed by atoms with van der Waals surface area (Å²) in [4.78, 5) is 21.5. The van der Waals surface area contributed by atoms with E-state index < -0.39 is 117 Å². The van der Waals surface area contributed by atoms with Gasteiger partial charge in [-0.05, 0) is 95.8 Å². The molecule has 6 rings (SSSR count). The molecule has 6 N–H and O–H groups in total. The van der Waals surface area contributed by atoms with Gasteiger partial charge >= 0.3 is 118 Å². The van der Waals surface area contributed by atoms with Gasteiger partial charge in [0, 0.05) is 22.6 Å². The Hall–Kier alpha value is -2.52. The topological polar surface area (TPSA) is 435 Å². The summed E-state index contributed by atoms with van der Waals surface area (Å²) in [6, 6.07) is 15.0. The van der Waals surface area contributed by atoms with Crippen LogP contribution in [0.3, 0.4) is 0 Å². The molecule has 0 aliphatic carbocycles. The third kappa shape index (κ3) is 16.8. The maximum atomic E-state index is 13.0. The summed E-state index contributed by atoms with van der Waals surface area (Å²) in [6.07, 6.45) is 0. The second-order valence-corrected chi connectivity index (χ2v) is 20.6. The monoisotopic (exact) mass is 1120 g/mol. The number of rotatable bonds is 16. The van der Waals surface area contributed by atoms with E-state index in [9.17, 15) is 70.2 Å². The summed E-state index contributed by atoms with van der Waals surface area (Å²) in [5.41, 5.74) is 3.78. The first-order chi connectivity index (χ1) is 30.6. The van der Waals surface area contributed by atoms with Crippen LogP contribution in [0.1, 0.15) is 10.4 Å². The molecule has 0 saturated heterocycles. The molecule has 1 heterocycles. The normalized spacial score (nSPS) is 11.9. The molecule has 0 aliphatic rings. The molecule has 26 nitrogen and oxygen atoms in total. The second kappa shape index (κ2) is 25.1. The van der Waals surface area contributed by atoms with E-state index in [2.05, 4.69) is 45.3 Å². The molecule has 0 atom stereocenters. The Kier molecular flexibility index (Phi) is 22.8. The van der Waals surface area contributed by atoms with Crippen molar-refractivity contribution in [2.24, 2.45) is 10.2 Å². The zero-order valence-corrected chi connectivity index (χ0v) is 49.0. The van der Waals surface area contributed by atoms with E-state index in [0.717, 1.165) is 24.3 Å². The fraction of sp³-hybridized carbons (Fsp3) is 0.0588. The quantitative estimate of drug-likeness (QED) is 0.0197. The number of halogens is 1. The summed E-state index contributed by atoms with van der Waals surface area (Å²) >= 11 is 6.12. The number of aromatic hydroxyl groups is 1. The van der Waals surface area contributed by atoms with E-state index in [1.165, 1.54) is 42.5 Å². The number of fused-ring (bicyclic) bond motifs is 1. The average molecular weight is 1120 g/mol. The van der Waals surface area contributed by atoms with Gasteiger partial charge in [-0.15, -0.1) is 10.2 Å². The largest absolute Gasteiger partial charge is 1.00 e. The number of nitrogens with two attached hydrogens (primary N) is 1. The Morgan fingerprint density at radius 2 is 1.26 bits per heavy atom. The van der Waals surface area contributed by atoms with Gasteiger partial charge in [-0.3, -0.25) is 8.98 Å². The van der Waals surface area contributed by atoms with E-state index in [1.54, 1.807) is 0 Å². The van der Waals surface area contributed by atoms with Crippen molar-refractivity contribution in [2.45, 2.75) is 19.6 Å². The van der Waals surface area contributed by atoms with Crippen LogP contribution in [0.2, 0.25) is 5.28 Å². The number of azo groups is 1. The van der Waals surface area contributed by atoms with Crippen LogP contribution in [0.25, 0.3) is 10.8 Å². The van der Waals surface area contributed by atoms with E-state index in [4.69, 9.17) is 17.3 Å². The molecule has 5 aromatic carbocycles. The smallest absolute Gasteiger partial charge is 0.744 e. The van der Waals surface area contributed by atoms with Gasteiger partial charge in [0.15, 0.2) is 9.84 Å². The molecule has 0 aliphatic heterocycles. The van der Waals surface area contributed by atoms with Gasteiger partial charge in [0.2, 0.25) is 27.6 Å². The Bertz CT molecular complexity index is 3590. The number of hydrogen-bond donors (Lipinski definition) is 5. The number of phenolic OH excluding ortho intramolecular Hbond substituents is 1.